The fourth-order valence-electron chi connectivity index (χ4n) is 3.44. The van der Waals surface area contributed by atoms with E-state index in [1.165, 1.54) is 39.5 Å². The van der Waals surface area contributed by atoms with Gasteiger partial charge in [0.15, 0.2) is 11.6 Å². The zero-order chi connectivity index (χ0) is 21.5. The van der Waals surface area contributed by atoms with Crippen molar-refractivity contribution in [3.63, 3.8) is 0 Å². The zero-order valence-corrected chi connectivity index (χ0v) is 16.5. The van der Waals surface area contributed by atoms with Crippen molar-refractivity contribution in [1.82, 2.24) is 0 Å². The first-order valence-electron chi connectivity index (χ1n) is 8.72. The Balaban J connectivity index is 2.36. The molecule has 0 aliphatic heterocycles. The van der Waals surface area contributed by atoms with Crippen molar-refractivity contribution < 1.29 is 33.7 Å². The van der Waals surface area contributed by atoms with Crippen LogP contribution in [0.1, 0.15) is 54.7 Å². The van der Waals surface area contributed by atoms with Crippen molar-refractivity contribution >= 4 is 17.5 Å². The first kappa shape index (κ1) is 20.1. The molecule has 0 aromatic heterocycles. The second-order valence-electron chi connectivity index (χ2n) is 6.71. The standard InChI is InChI=1S/C22H20O7/c1-10(2)6-12-13(22(26)29-5)9-15-18(19(12)23)21(25)14-7-11(27-3)8-16(28-4)17(14)20(15)24/h7-9,23H,1,6H2,2-5H3. The van der Waals surface area contributed by atoms with Crippen LogP contribution in [0.25, 0.3) is 0 Å². The number of hydrogen-bond acceptors (Lipinski definition) is 7. The van der Waals surface area contributed by atoms with E-state index in [0.717, 1.165) is 0 Å². The molecule has 0 radical (unpaired) electrons. The smallest absolute Gasteiger partial charge is 0.338 e. The maximum atomic E-state index is 13.2. The van der Waals surface area contributed by atoms with Crippen LogP contribution in [-0.4, -0.2) is 44.0 Å². The van der Waals surface area contributed by atoms with Crippen LogP contribution < -0.4 is 9.47 Å². The lowest BCUT2D eigenvalue weighted by molar-refractivity contribution is 0.0598. The van der Waals surface area contributed by atoms with Crippen LogP contribution in [0.3, 0.4) is 0 Å². The molecule has 1 aliphatic carbocycles. The lowest BCUT2D eigenvalue weighted by Gasteiger charge is -2.23. The first-order chi connectivity index (χ1) is 13.7. The Morgan fingerprint density at radius 3 is 2.17 bits per heavy atom. The maximum absolute atomic E-state index is 13.2. The molecule has 0 amide bonds. The monoisotopic (exact) mass is 396 g/mol. The van der Waals surface area contributed by atoms with Gasteiger partial charge in [-0.05, 0) is 25.5 Å². The summed E-state index contributed by atoms with van der Waals surface area (Å²) in [7, 11) is 3.99. The van der Waals surface area contributed by atoms with E-state index < -0.39 is 23.3 Å². The summed E-state index contributed by atoms with van der Waals surface area (Å²) in [5, 5.41) is 10.9. The van der Waals surface area contributed by atoms with Gasteiger partial charge in [-0.2, -0.15) is 0 Å². The summed E-state index contributed by atoms with van der Waals surface area (Å²) in [5.74, 6) is -1.78. The minimum atomic E-state index is -0.730. The summed E-state index contributed by atoms with van der Waals surface area (Å²) in [6, 6.07) is 4.20. The SMILES string of the molecule is C=C(C)Cc1c(C(=O)OC)cc2c(c1O)C(=O)c1cc(OC)cc(OC)c1C2=O. The summed E-state index contributed by atoms with van der Waals surface area (Å²) in [5.41, 5.74) is 0.695. The fourth-order valence-corrected chi connectivity index (χ4v) is 3.44. The predicted molar refractivity (Wildman–Crippen MR) is 104 cm³/mol. The van der Waals surface area contributed by atoms with Gasteiger partial charge in [-0.25, -0.2) is 4.79 Å². The molecule has 0 saturated heterocycles. The molecular formula is C22H20O7. The largest absolute Gasteiger partial charge is 0.507 e. The number of ether oxygens (including phenoxy) is 3. The summed E-state index contributed by atoms with van der Waals surface area (Å²) in [6.45, 7) is 5.52. The lowest BCUT2D eigenvalue weighted by Crippen LogP contribution is -2.24. The average molecular weight is 396 g/mol. The minimum absolute atomic E-state index is 0.00354. The molecule has 29 heavy (non-hydrogen) atoms. The molecule has 7 heteroatoms. The Hall–Kier alpha value is -3.61. The van der Waals surface area contributed by atoms with Crippen molar-refractivity contribution in [1.29, 1.82) is 0 Å². The Morgan fingerprint density at radius 2 is 1.62 bits per heavy atom. The van der Waals surface area contributed by atoms with Crippen LogP contribution in [0, 0.1) is 0 Å². The number of rotatable bonds is 5. The molecule has 7 nitrogen and oxygen atoms in total. The number of hydrogen-bond donors (Lipinski definition) is 1. The molecule has 1 aliphatic rings. The lowest BCUT2D eigenvalue weighted by atomic mass is 9.80. The summed E-state index contributed by atoms with van der Waals surface area (Å²) < 4.78 is 15.3. The Morgan fingerprint density at radius 1 is 1.00 bits per heavy atom. The Labute approximate surface area is 167 Å². The number of methoxy groups -OCH3 is 3. The van der Waals surface area contributed by atoms with Gasteiger partial charge in [-0.1, -0.05) is 12.2 Å². The van der Waals surface area contributed by atoms with Gasteiger partial charge in [-0.15, -0.1) is 0 Å². The van der Waals surface area contributed by atoms with Crippen molar-refractivity contribution in [2.45, 2.75) is 13.3 Å². The number of aromatic hydroxyl groups is 1. The van der Waals surface area contributed by atoms with Gasteiger partial charge in [0.1, 0.15) is 17.2 Å². The third-order valence-electron chi connectivity index (χ3n) is 4.76. The third-order valence-corrected chi connectivity index (χ3v) is 4.76. The summed E-state index contributed by atoms with van der Waals surface area (Å²) >= 11 is 0. The van der Waals surface area contributed by atoms with Gasteiger partial charge in [0.25, 0.3) is 0 Å². The van der Waals surface area contributed by atoms with Crippen molar-refractivity contribution in [3.05, 3.63) is 63.7 Å². The van der Waals surface area contributed by atoms with E-state index in [1.54, 1.807) is 6.92 Å². The number of esters is 1. The highest BCUT2D eigenvalue weighted by atomic mass is 16.5. The highest BCUT2D eigenvalue weighted by Crippen LogP contribution is 2.42. The van der Waals surface area contributed by atoms with Crippen LogP contribution in [0.15, 0.2) is 30.4 Å². The quantitative estimate of drug-likeness (QED) is 0.523. The molecule has 2 aromatic rings. The molecule has 2 aromatic carbocycles. The number of phenolic OH excluding ortho intramolecular Hbond substituents is 1. The number of carbonyl (C=O) groups is 3. The number of benzene rings is 2. The number of carbonyl (C=O) groups excluding carboxylic acids is 3. The number of phenols is 1. The molecule has 0 heterocycles. The summed E-state index contributed by atoms with van der Waals surface area (Å²) in [6.07, 6.45) is 0.138. The molecule has 0 unspecified atom stereocenters. The normalized spacial score (nSPS) is 12.1. The summed E-state index contributed by atoms with van der Waals surface area (Å²) in [4.78, 5) is 38.8. The van der Waals surface area contributed by atoms with Gasteiger partial charge >= 0.3 is 5.97 Å². The van der Waals surface area contributed by atoms with Crippen molar-refractivity contribution in [2.24, 2.45) is 0 Å². The maximum Gasteiger partial charge on any atom is 0.338 e. The predicted octanol–water partition coefficient (Wildman–Crippen LogP) is 3.09. The van der Waals surface area contributed by atoms with Crippen molar-refractivity contribution in [3.8, 4) is 17.2 Å². The molecular weight excluding hydrogens is 376 g/mol. The van der Waals surface area contributed by atoms with E-state index in [-0.39, 0.29) is 45.6 Å². The van der Waals surface area contributed by atoms with Gasteiger partial charge in [-0.3, -0.25) is 9.59 Å². The number of allylic oxidation sites excluding steroid dienone is 1. The van der Waals surface area contributed by atoms with E-state index >= 15 is 0 Å². The molecule has 150 valence electrons. The molecule has 0 spiro atoms. The van der Waals surface area contributed by atoms with Crippen LogP contribution in [0.2, 0.25) is 0 Å². The zero-order valence-electron chi connectivity index (χ0n) is 16.5. The van der Waals surface area contributed by atoms with Gasteiger partial charge in [0.2, 0.25) is 0 Å². The molecule has 1 N–H and O–H groups in total. The van der Waals surface area contributed by atoms with Crippen LogP contribution in [0.5, 0.6) is 17.2 Å². The molecule has 0 saturated carbocycles. The average Bonchev–Trinajstić information content (AvgIpc) is 2.71. The number of fused-ring (bicyclic) bond motifs is 2. The van der Waals surface area contributed by atoms with Crippen LogP contribution in [0.4, 0.5) is 0 Å². The van der Waals surface area contributed by atoms with E-state index in [0.29, 0.717) is 11.3 Å². The Bertz CT molecular complexity index is 1080. The van der Waals surface area contributed by atoms with Gasteiger partial charge in [0.05, 0.1) is 38.0 Å². The fraction of sp³-hybridized carbons (Fsp3) is 0.227. The molecule has 3 rings (SSSR count). The first-order valence-corrected chi connectivity index (χ1v) is 8.72. The minimum Gasteiger partial charge on any atom is -0.507 e. The molecule has 0 atom stereocenters. The van der Waals surface area contributed by atoms with E-state index in [9.17, 15) is 19.5 Å². The van der Waals surface area contributed by atoms with Gasteiger partial charge in [0, 0.05) is 22.8 Å². The van der Waals surface area contributed by atoms with Crippen molar-refractivity contribution in [2.75, 3.05) is 21.3 Å². The van der Waals surface area contributed by atoms with E-state index in [4.69, 9.17) is 14.2 Å². The molecule has 0 bridgehead atoms. The highest BCUT2D eigenvalue weighted by molar-refractivity contribution is 6.31. The number of ketones is 2. The Kier molecular flexibility index (Phi) is 5.16. The third kappa shape index (κ3) is 3.14. The van der Waals surface area contributed by atoms with Gasteiger partial charge < -0.3 is 19.3 Å². The topological polar surface area (TPSA) is 99.1 Å². The second-order valence-corrected chi connectivity index (χ2v) is 6.71. The van der Waals surface area contributed by atoms with E-state index in [1.807, 2.05) is 0 Å². The second kappa shape index (κ2) is 7.43. The van der Waals surface area contributed by atoms with Crippen LogP contribution >= 0.6 is 0 Å². The molecule has 0 fully saturated rings. The van der Waals surface area contributed by atoms with Crippen LogP contribution in [-0.2, 0) is 11.2 Å². The van der Waals surface area contributed by atoms with E-state index in [2.05, 4.69) is 6.58 Å². The highest BCUT2D eigenvalue weighted by Gasteiger charge is 2.37.